The smallest absolute Gasteiger partial charge is 0.227 e. The van der Waals surface area contributed by atoms with E-state index in [2.05, 4.69) is 4.90 Å². The van der Waals surface area contributed by atoms with Crippen LogP contribution in [0, 0.1) is 6.92 Å². The second-order valence-electron chi connectivity index (χ2n) is 5.72. The molecule has 1 fully saturated rings. The van der Waals surface area contributed by atoms with Crippen LogP contribution in [0.1, 0.15) is 11.1 Å². The zero-order chi connectivity index (χ0) is 15.8. The van der Waals surface area contributed by atoms with Gasteiger partial charge in [-0.2, -0.15) is 0 Å². The molecule has 1 heterocycles. The van der Waals surface area contributed by atoms with Crippen molar-refractivity contribution < 1.29 is 14.6 Å². The van der Waals surface area contributed by atoms with Crippen molar-refractivity contribution in [2.24, 2.45) is 0 Å². The van der Waals surface area contributed by atoms with E-state index in [4.69, 9.17) is 4.74 Å². The Balaban J connectivity index is 1.86. The number of hydrogen-bond donors (Lipinski definition) is 1. The molecule has 0 aliphatic carbocycles. The average molecular weight is 306 g/mol. The van der Waals surface area contributed by atoms with Crippen LogP contribution in [0.25, 0.3) is 0 Å². The van der Waals surface area contributed by atoms with Crippen molar-refractivity contribution in [2.75, 3.05) is 52.5 Å². The summed E-state index contributed by atoms with van der Waals surface area (Å²) in [6, 6.07) is 8.01. The molecule has 22 heavy (non-hydrogen) atoms. The number of nitrogens with zero attached hydrogens (tertiary/aromatic N) is 2. The van der Waals surface area contributed by atoms with Crippen LogP contribution in [0.2, 0.25) is 0 Å². The minimum Gasteiger partial charge on any atom is -0.395 e. The third-order valence-corrected chi connectivity index (χ3v) is 3.95. The fourth-order valence-corrected chi connectivity index (χ4v) is 2.68. The Bertz CT molecular complexity index is 473. The van der Waals surface area contributed by atoms with Crippen LogP contribution in [0.5, 0.6) is 0 Å². The Morgan fingerprint density at radius 2 is 2.09 bits per heavy atom. The number of morpholine rings is 1. The van der Waals surface area contributed by atoms with Gasteiger partial charge in [0.2, 0.25) is 5.91 Å². The van der Waals surface area contributed by atoms with Gasteiger partial charge in [-0.1, -0.05) is 29.8 Å². The summed E-state index contributed by atoms with van der Waals surface area (Å²) < 4.78 is 5.33. The number of aliphatic hydroxyl groups excluding tert-OH is 1. The molecule has 5 nitrogen and oxygen atoms in total. The van der Waals surface area contributed by atoms with Crippen LogP contribution < -0.4 is 0 Å². The van der Waals surface area contributed by atoms with Gasteiger partial charge in [-0.25, -0.2) is 0 Å². The monoisotopic (exact) mass is 306 g/mol. The van der Waals surface area contributed by atoms with Crippen molar-refractivity contribution in [3.63, 3.8) is 0 Å². The summed E-state index contributed by atoms with van der Waals surface area (Å²) in [7, 11) is 0. The van der Waals surface area contributed by atoms with E-state index < -0.39 is 0 Å². The van der Waals surface area contributed by atoms with Gasteiger partial charge in [0.05, 0.1) is 26.2 Å². The predicted molar refractivity (Wildman–Crippen MR) is 85.8 cm³/mol. The van der Waals surface area contributed by atoms with Gasteiger partial charge >= 0.3 is 0 Å². The van der Waals surface area contributed by atoms with Crippen molar-refractivity contribution in [3.05, 3.63) is 35.4 Å². The molecule has 1 amide bonds. The largest absolute Gasteiger partial charge is 0.395 e. The molecule has 0 spiro atoms. The molecule has 122 valence electrons. The van der Waals surface area contributed by atoms with Gasteiger partial charge in [0, 0.05) is 32.7 Å². The van der Waals surface area contributed by atoms with Gasteiger partial charge in [0.25, 0.3) is 0 Å². The van der Waals surface area contributed by atoms with Crippen LogP contribution >= 0.6 is 0 Å². The molecule has 0 unspecified atom stereocenters. The molecule has 1 aromatic rings. The fraction of sp³-hybridized carbons (Fsp3) is 0.588. The lowest BCUT2D eigenvalue weighted by Crippen LogP contribution is -2.44. The van der Waals surface area contributed by atoms with Gasteiger partial charge in [-0.3, -0.25) is 9.69 Å². The molecule has 2 rings (SSSR count). The number of aliphatic hydroxyl groups is 1. The maximum Gasteiger partial charge on any atom is 0.227 e. The molecule has 5 heteroatoms. The number of carbonyl (C=O) groups excluding carboxylic acids is 1. The molecule has 0 radical (unpaired) electrons. The molecular weight excluding hydrogens is 280 g/mol. The minimum absolute atomic E-state index is 0.00265. The highest BCUT2D eigenvalue weighted by Gasteiger charge is 2.16. The van der Waals surface area contributed by atoms with Gasteiger partial charge < -0.3 is 14.7 Å². The topological polar surface area (TPSA) is 53.0 Å². The van der Waals surface area contributed by atoms with Gasteiger partial charge in [-0.05, 0) is 12.5 Å². The minimum atomic E-state index is 0.00265. The van der Waals surface area contributed by atoms with E-state index in [0.29, 0.717) is 19.5 Å². The normalized spacial score (nSPS) is 15.7. The number of carbonyl (C=O) groups is 1. The SMILES string of the molecule is Cc1cccc(CC(=O)N(CCO)CCN2CCOCC2)c1. The molecule has 0 bridgehead atoms. The number of ether oxygens (including phenoxy) is 1. The Morgan fingerprint density at radius 1 is 1.32 bits per heavy atom. The van der Waals surface area contributed by atoms with E-state index in [1.165, 1.54) is 0 Å². The van der Waals surface area contributed by atoms with E-state index in [1.54, 1.807) is 4.90 Å². The predicted octanol–water partition coefficient (Wildman–Crippen LogP) is 0.691. The molecule has 1 saturated heterocycles. The quantitative estimate of drug-likeness (QED) is 0.805. The molecule has 1 aromatic carbocycles. The number of aryl methyl sites for hydroxylation is 1. The first kappa shape index (κ1) is 16.9. The van der Waals surface area contributed by atoms with Crippen molar-refractivity contribution >= 4 is 5.91 Å². The third kappa shape index (κ3) is 5.40. The van der Waals surface area contributed by atoms with Crippen LogP contribution in [0.3, 0.4) is 0 Å². The van der Waals surface area contributed by atoms with Crippen LogP contribution in [-0.4, -0.2) is 73.4 Å². The average Bonchev–Trinajstić information content (AvgIpc) is 2.52. The molecule has 0 atom stereocenters. The summed E-state index contributed by atoms with van der Waals surface area (Å²) in [4.78, 5) is 16.5. The Morgan fingerprint density at radius 3 is 2.77 bits per heavy atom. The maximum absolute atomic E-state index is 12.5. The summed E-state index contributed by atoms with van der Waals surface area (Å²) in [5, 5.41) is 9.21. The maximum atomic E-state index is 12.5. The summed E-state index contributed by atoms with van der Waals surface area (Å²) in [5.74, 6) is 0.0768. The highest BCUT2D eigenvalue weighted by Crippen LogP contribution is 2.07. The molecule has 0 saturated carbocycles. The standard InChI is InChI=1S/C17H26N2O3/c1-15-3-2-4-16(13-15)14-17(21)19(7-10-20)6-5-18-8-11-22-12-9-18/h2-4,13,20H,5-12,14H2,1H3. The zero-order valence-corrected chi connectivity index (χ0v) is 13.3. The van der Waals surface area contributed by atoms with E-state index in [9.17, 15) is 9.90 Å². The van der Waals surface area contributed by atoms with E-state index in [0.717, 1.165) is 44.0 Å². The molecule has 0 aromatic heterocycles. The summed E-state index contributed by atoms with van der Waals surface area (Å²) in [6.45, 7) is 7.27. The number of rotatable bonds is 7. The summed E-state index contributed by atoms with van der Waals surface area (Å²) in [6.07, 6.45) is 0.394. The first-order valence-corrected chi connectivity index (χ1v) is 7.93. The van der Waals surface area contributed by atoms with Gasteiger partial charge in [-0.15, -0.1) is 0 Å². The Labute approximate surface area is 132 Å². The van der Waals surface area contributed by atoms with Crippen molar-refractivity contribution in [2.45, 2.75) is 13.3 Å². The number of amides is 1. The van der Waals surface area contributed by atoms with E-state index in [1.807, 2.05) is 31.2 Å². The molecule has 1 N–H and O–H groups in total. The molecular formula is C17H26N2O3. The third-order valence-electron chi connectivity index (χ3n) is 3.95. The Kier molecular flexibility index (Phi) is 6.83. The van der Waals surface area contributed by atoms with Crippen molar-refractivity contribution in [3.8, 4) is 0 Å². The van der Waals surface area contributed by atoms with Gasteiger partial charge in [0.1, 0.15) is 0 Å². The van der Waals surface area contributed by atoms with Crippen molar-refractivity contribution in [1.29, 1.82) is 0 Å². The molecule has 1 aliphatic rings. The lowest BCUT2D eigenvalue weighted by atomic mass is 10.1. The second kappa shape index (κ2) is 8.88. The second-order valence-corrected chi connectivity index (χ2v) is 5.72. The van der Waals surface area contributed by atoms with Crippen LogP contribution in [-0.2, 0) is 16.0 Å². The Hall–Kier alpha value is -1.43. The highest BCUT2D eigenvalue weighted by molar-refractivity contribution is 5.78. The highest BCUT2D eigenvalue weighted by atomic mass is 16.5. The number of benzene rings is 1. The van der Waals surface area contributed by atoms with E-state index >= 15 is 0 Å². The first-order chi connectivity index (χ1) is 10.7. The summed E-state index contributed by atoms with van der Waals surface area (Å²) in [5.41, 5.74) is 2.19. The van der Waals surface area contributed by atoms with Crippen molar-refractivity contribution in [1.82, 2.24) is 9.80 Å². The van der Waals surface area contributed by atoms with Crippen LogP contribution in [0.15, 0.2) is 24.3 Å². The lowest BCUT2D eigenvalue weighted by Gasteiger charge is -2.30. The molecule has 1 aliphatic heterocycles. The number of hydrogen-bond acceptors (Lipinski definition) is 4. The van der Waals surface area contributed by atoms with E-state index in [-0.39, 0.29) is 12.5 Å². The first-order valence-electron chi connectivity index (χ1n) is 7.93. The summed E-state index contributed by atoms with van der Waals surface area (Å²) >= 11 is 0. The zero-order valence-electron chi connectivity index (χ0n) is 13.3. The lowest BCUT2D eigenvalue weighted by molar-refractivity contribution is -0.131. The fourth-order valence-electron chi connectivity index (χ4n) is 2.68. The van der Waals surface area contributed by atoms with Crippen LogP contribution in [0.4, 0.5) is 0 Å². The van der Waals surface area contributed by atoms with Gasteiger partial charge in [0.15, 0.2) is 0 Å².